The summed E-state index contributed by atoms with van der Waals surface area (Å²) in [7, 11) is 0. The van der Waals surface area contributed by atoms with Gasteiger partial charge >= 0.3 is 5.97 Å². The molecule has 66 valence electrons. The van der Waals surface area contributed by atoms with Crippen LogP contribution in [0.25, 0.3) is 0 Å². The molecule has 1 aromatic rings. The lowest BCUT2D eigenvalue weighted by Crippen LogP contribution is -2.10. The van der Waals surface area contributed by atoms with Crippen LogP contribution in [-0.4, -0.2) is 26.5 Å². The average molecular weight is 205 g/mol. The lowest BCUT2D eigenvalue weighted by molar-refractivity contribution is -0.136. The van der Waals surface area contributed by atoms with Gasteiger partial charge in [-0.2, -0.15) is 0 Å². The lowest BCUT2D eigenvalue weighted by Gasteiger charge is -1.99. The smallest absolute Gasteiger partial charge is 0.316 e. The van der Waals surface area contributed by atoms with Crippen molar-refractivity contribution in [3.63, 3.8) is 0 Å². The zero-order valence-electron chi connectivity index (χ0n) is 6.22. The number of nitrogens with zero attached hydrogens (tertiary/aromatic N) is 2. The van der Waals surface area contributed by atoms with Gasteiger partial charge in [0, 0.05) is 0 Å². The van der Waals surface area contributed by atoms with Crippen LogP contribution in [0, 0.1) is 0 Å². The minimum atomic E-state index is -0.867. The average Bonchev–Trinajstić information content (AvgIpc) is 2.35. The van der Waals surface area contributed by atoms with Gasteiger partial charge in [0.15, 0.2) is 4.34 Å². The molecule has 1 heterocycles. The first-order valence-electron chi connectivity index (χ1n) is 3.08. The molecule has 1 atom stereocenters. The van der Waals surface area contributed by atoms with Crippen molar-refractivity contribution in [1.29, 1.82) is 0 Å². The number of thioether (sulfide) groups is 1. The second-order valence-electron chi connectivity index (χ2n) is 2.00. The van der Waals surface area contributed by atoms with Crippen molar-refractivity contribution >= 4 is 34.2 Å². The monoisotopic (exact) mass is 205 g/mol. The molecule has 0 unspecified atom stereocenters. The molecule has 0 aliphatic heterocycles. The quantitative estimate of drug-likeness (QED) is 0.705. The third-order valence-corrected chi connectivity index (χ3v) is 2.97. The van der Waals surface area contributed by atoms with E-state index < -0.39 is 11.2 Å². The number of nitrogen functional groups attached to an aromatic ring is 1. The van der Waals surface area contributed by atoms with Gasteiger partial charge in [0.05, 0.1) is 0 Å². The largest absolute Gasteiger partial charge is 0.480 e. The highest BCUT2D eigenvalue weighted by Gasteiger charge is 2.14. The molecule has 7 heteroatoms. The van der Waals surface area contributed by atoms with E-state index in [1.807, 2.05) is 0 Å². The maximum Gasteiger partial charge on any atom is 0.316 e. The maximum absolute atomic E-state index is 10.4. The first-order valence-corrected chi connectivity index (χ1v) is 4.77. The van der Waals surface area contributed by atoms with Crippen LogP contribution in [0.2, 0.25) is 0 Å². The second kappa shape index (κ2) is 3.72. The zero-order valence-corrected chi connectivity index (χ0v) is 7.85. The topological polar surface area (TPSA) is 89.1 Å². The first-order chi connectivity index (χ1) is 5.59. The summed E-state index contributed by atoms with van der Waals surface area (Å²) in [5.41, 5.74) is 5.31. The summed E-state index contributed by atoms with van der Waals surface area (Å²) < 4.78 is 0.586. The molecule has 0 aromatic carbocycles. The van der Waals surface area contributed by atoms with Gasteiger partial charge in [0.25, 0.3) is 0 Å². The Morgan fingerprint density at radius 3 is 2.83 bits per heavy atom. The second-order valence-corrected chi connectivity index (χ2v) is 4.60. The molecule has 12 heavy (non-hydrogen) atoms. The van der Waals surface area contributed by atoms with Gasteiger partial charge in [0.2, 0.25) is 5.13 Å². The normalized spacial score (nSPS) is 12.8. The molecule has 0 bridgehead atoms. The summed E-state index contributed by atoms with van der Waals surface area (Å²) in [5.74, 6) is -0.867. The summed E-state index contributed by atoms with van der Waals surface area (Å²) in [6.45, 7) is 1.59. The van der Waals surface area contributed by atoms with E-state index in [9.17, 15) is 4.79 Å². The number of carbonyl (C=O) groups is 1. The highest BCUT2D eigenvalue weighted by atomic mass is 32.2. The Bertz CT molecular complexity index is 288. The van der Waals surface area contributed by atoms with Gasteiger partial charge in [-0.1, -0.05) is 23.1 Å². The highest BCUT2D eigenvalue weighted by molar-refractivity contribution is 8.02. The molecule has 3 N–H and O–H groups in total. The van der Waals surface area contributed by atoms with Crippen LogP contribution >= 0.6 is 23.1 Å². The SMILES string of the molecule is C[C@@H](Sc1nnc(N)s1)C(=O)O. The van der Waals surface area contributed by atoms with Crippen molar-refractivity contribution in [1.82, 2.24) is 10.2 Å². The first kappa shape index (κ1) is 9.27. The molecule has 1 aromatic heterocycles. The number of aromatic nitrogens is 2. The van der Waals surface area contributed by atoms with Crippen LogP contribution in [0.4, 0.5) is 5.13 Å². The Hall–Kier alpha value is -0.820. The Balaban J connectivity index is 2.58. The van der Waals surface area contributed by atoms with Gasteiger partial charge in [-0.15, -0.1) is 10.2 Å². The van der Waals surface area contributed by atoms with Crippen molar-refractivity contribution in [2.75, 3.05) is 5.73 Å². The van der Waals surface area contributed by atoms with E-state index in [0.717, 1.165) is 11.8 Å². The molecule has 0 spiro atoms. The van der Waals surface area contributed by atoms with Crippen molar-refractivity contribution in [3.05, 3.63) is 0 Å². The molecule has 0 saturated heterocycles. The van der Waals surface area contributed by atoms with E-state index in [1.165, 1.54) is 11.3 Å². The predicted octanol–water partition coefficient (Wildman–Crippen LogP) is 0.685. The number of anilines is 1. The number of rotatable bonds is 3. The minimum absolute atomic E-state index is 0.357. The Morgan fingerprint density at radius 1 is 1.75 bits per heavy atom. The van der Waals surface area contributed by atoms with E-state index in [1.54, 1.807) is 6.92 Å². The van der Waals surface area contributed by atoms with Crippen LogP contribution in [0.15, 0.2) is 4.34 Å². The molecule has 0 amide bonds. The van der Waals surface area contributed by atoms with E-state index in [4.69, 9.17) is 10.8 Å². The van der Waals surface area contributed by atoms with E-state index >= 15 is 0 Å². The van der Waals surface area contributed by atoms with Gasteiger partial charge in [-0.05, 0) is 6.92 Å². The fourth-order valence-corrected chi connectivity index (χ4v) is 2.18. The predicted molar refractivity (Wildman–Crippen MR) is 47.3 cm³/mol. The molecular weight excluding hydrogens is 198 g/mol. The maximum atomic E-state index is 10.4. The molecule has 0 saturated carbocycles. The molecule has 0 radical (unpaired) electrons. The van der Waals surface area contributed by atoms with Crippen molar-refractivity contribution < 1.29 is 9.90 Å². The Morgan fingerprint density at radius 2 is 2.42 bits per heavy atom. The molecular formula is C5H7N3O2S2. The highest BCUT2D eigenvalue weighted by Crippen LogP contribution is 2.27. The van der Waals surface area contributed by atoms with Gasteiger partial charge in [-0.3, -0.25) is 4.79 Å². The number of hydrogen-bond acceptors (Lipinski definition) is 6. The van der Waals surface area contributed by atoms with Crippen LogP contribution < -0.4 is 5.73 Å². The summed E-state index contributed by atoms with van der Waals surface area (Å²) in [5, 5.41) is 15.6. The molecule has 0 aliphatic rings. The summed E-state index contributed by atoms with van der Waals surface area (Å²) in [4.78, 5) is 10.4. The van der Waals surface area contributed by atoms with E-state index in [0.29, 0.717) is 9.47 Å². The summed E-state index contributed by atoms with van der Waals surface area (Å²) >= 11 is 2.33. The third-order valence-electron chi connectivity index (χ3n) is 1.05. The molecule has 5 nitrogen and oxygen atoms in total. The minimum Gasteiger partial charge on any atom is -0.480 e. The summed E-state index contributed by atoms with van der Waals surface area (Å²) in [6, 6.07) is 0. The van der Waals surface area contributed by atoms with E-state index in [-0.39, 0.29) is 0 Å². The number of carboxylic acid groups (broad SMARTS) is 1. The van der Waals surface area contributed by atoms with Crippen molar-refractivity contribution in [3.8, 4) is 0 Å². The Kier molecular flexibility index (Phi) is 2.88. The van der Waals surface area contributed by atoms with Crippen LogP contribution in [0.5, 0.6) is 0 Å². The van der Waals surface area contributed by atoms with Crippen molar-refractivity contribution in [2.24, 2.45) is 0 Å². The Labute approximate surface area is 77.0 Å². The van der Waals surface area contributed by atoms with Gasteiger partial charge in [0.1, 0.15) is 5.25 Å². The zero-order chi connectivity index (χ0) is 9.14. The van der Waals surface area contributed by atoms with Gasteiger partial charge in [-0.25, -0.2) is 0 Å². The number of carboxylic acids is 1. The van der Waals surface area contributed by atoms with Gasteiger partial charge < -0.3 is 10.8 Å². The standard InChI is InChI=1S/C5H7N3O2S2/c1-2(3(9)10)11-5-8-7-4(6)12-5/h2H,1H3,(H2,6,7)(H,9,10)/t2-/m1/s1. The lowest BCUT2D eigenvalue weighted by atomic mass is 10.5. The number of nitrogens with two attached hydrogens (primary N) is 1. The molecule has 0 fully saturated rings. The number of hydrogen-bond donors (Lipinski definition) is 2. The van der Waals surface area contributed by atoms with Crippen LogP contribution in [0.3, 0.4) is 0 Å². The van der Waals surface area contributed by atoms with Crippen molar-refractivity contribution in [2.45, 2.75) is 16.5 Å². The van der Waals surface area contributed by atoms with Crippen LogP contribution in [-0.2, 0) is 4.79 Å². The fraction of sp³-hybridized carbons (Fsp3) is 0.400. The fourth-order valence-electron chi connectivity index (χ4n) is 0.470. The molecule has 1 rings (SSSR count). The van der Waals surface area contributed by atoms with E-state index in [2.05, 4.69) is 10.2 Å². The van der Waals surface area contributed by atoms with Crippen LogP contribution in [0.1, 0.15) is 6.92 Å². The number of aliphatic carboxylic acids is 1. The third kappa shape index (κ3) is 2.35. The molecule has 0 aliphatic carbocycles. The summed E-state index contributed by atoms with van der Waals surface area (Å²) in [6.07, 6.45) is 0.